The van der Waals surface area contributed by atoms with E-state index < -0.39 is 0 Å². The first-order valence-electron chi connectivity index (χ1n) is 5.62. The van der Waals surface area contributed by atoms with Gasteiger partial charge in [-0.2, -0.15) is 9.36 Å². The second kappa shape index (κ2) is 4.62. The molecule has 0 aliphatic heterocycles. The van der Waals surface area contributed by atoms with E-state index in [4.69, 9.17) is 5.73 Å². The van der Waals surface area contributed by atoms with Crippen molar-refractivity contribution in [2.24, 2.45) is 0 Å². The zero-order chi connectivity index (χ0) is 12.4. The monoisotopic (exact) mass is 256 g/mol. The summed E-state index contributed by atoms with van der Waals surface area (Å²) in [7, 11) is 0. The molecule has 0 amide bonds. The normalized spacial score (nSPS) is 10.7. The van der Waals surface area contributed by atoms with Gasteiger partial charge in [-0.1, -0.05) is 42.5 Å². The Morgan fingerprint density at radius 2 is 1.94 bits per heavy atom. The molecule has 3 aromatic rings. The highest BCUT2D eigenvalue weighted by molar-refractivity contribution is 7.09. The molecule has 0 unspecified atom stereocenters. The predicted molar refractivity (Wildman–Crippen MR) is 75.6 cm³/mol. The van der Waals surface area contributed by atoms with Gasteiger partial charge < -0.3 is 11.1 Å². The van der Waals surface area contributed by atoms with E-state index in [1.165, 1.54) is 27.9 Å². The predicted octanol–water partition coefficient (Wildman–Crippen LogP) is 2.89. The van der Waals surface area contributed by atoms with E-state index in [2.05, 4.69) is 51.1 Å². The summed E-state index contributed by atoms with van der Waals surface area (Å²) >= 11 is 1.28. The highest BCUT2D eigenvalue weighted by Crippen LogP contribution is 2.20. The number of nitrogens with one attached hydrogen (secondary N) is 1. The van der Waals surface area contributed by atoms with E-state index in [1.807, 2.05) is 6.07 Å². The molecule has 3 N–H and O–H groups in total. The summed E-state index contributed by atoms with van der Waals surface area (Å²) in [5.41, 5.74) is 6.72. The second-order valence-electron chi connectivity index (χ2n) is 3.95. The highest BCUT2D eigenvalue weighted by atomic mass is 32.1. The van der Waals surface area contributed by atoms with E-state index in [0.29, 0.717) is 5.95 Å². The maximum Gasteiger partial charge on any atom is 0.233 e. The number of hydrogen-bond donors (Lipinski definition) is 2. The number of fused-ring (bicyclic) bond motifs is 1. The van der Waals surface area contributed by atoms with Gasteiger partial charge in [0, 0.05) is 18.1 Å². The van der Waals surface area contributed by atoms with Gasteiger partial charge in [0.2, 0.25) is 11.1 Å². The number of anilines is 2. The molecule has 0 saturated heterocycles. The van der Waals surface area contributed by atoms with Gasteiger partial charge in [-0.25, -0.2) is 0 Å². The van der Waals surface area contributed by atoms with Crippen molar-refractivity contribution in [1.82, 2.24) is 9.36 Å². The lowest BCUT2D eigenvalue weighted by Gasteiger charge is -2.06. The van der Waals surface area contributed by atoms with Gasteiger partial charge in [0.1, 0.15) is 0 Å². The van der Waals surface area contributed by atoms with E-state index in [9.17, 15) is 0 Å². The van der Waals surface area contributed by atoms with E-state index in [0.717, 1.165) is 11.7 Å². The molecule has 5 heteroatoms. The van der Waals surface area contributed by atoms with Gasteiger partial charge in [0.25, 0.3) is 0 Å². The number of aromatic nitrogens is 2. The van der Waals surface area contributed by atoms with Crippen LogP contribution in [0, 0.1) is 0 Å². The highest BCUT2D eigenvalue weighted by Gasteiger charge is 2.02. The first kappa shape index (κ1) is 11.0. The van der Waals surface area contributed by atoms with Gasteiger partial charge in [-0.3, -0.25) is 0 Å². The topological polar surface area (TPSA) is 63.8 Å². The third-order valence-corrected chi connectivity index (χ3v) is 3.44. The lowest BCUT2D eigenvalue weighted by molar-refractivity contribution is 1.15. The molecule has 2 aromatic carbocycles. The van der Waals surface area contributed by atoms with Crippen LogP contribution in [-0.4, -0.2) is 9.36 Å². The number of hydrogen-bond acceptors (Lipinski definition) is 5. The summed E-state index contributed by atoms with van der Waals surface area (Å²) < 4.78 is 3.94. The number of nitrogen functional groups attached to an aromatic ring is 1. The van der Waals surface area contributed by atoms with E-state index >= 15 is 0 Å². The van der Waals surface area contributed by atoms with Crippen molar-refractivity contribution >= 4 is 33.4 Å². The molecule has 0 atom stereocenters. The standard InChI is InChI=1S/C13H12N4S/c14-12-16-13(18-17-12)15-8-10-6-3-5-9-4-1-2-7-11(9)10/h1-7H,8H2,(H3,14,15,16,17). The van der Waals surface area contributed by atoms with Crippen LogP contribution in [0.15, 0.2) is 42.5 Å². The fraction of sp³-hybridized carbons (Fsp3) is 0.0769. The third kappa shape index (κ3) is 2.12. The van der Waals surface area contributed by atoms with Crippen LogP contribution in [0.2, 0.25) is 0 Å². The van der Waals surface area contributed by atoms with Gasteiger partial charge in [0.05, 0.1) is 0 Å². The molecule has 0 spiro atoms. The average Bonchev–Trinajstić information content (AvgIpc) is 2.82. The molecule has 0 radical (unpaired) electrons. The number of rotatable bonds is 3. The van der Waals surface area contributed by atoms with Crippen LogP contribution in [0.4, 0.5) is 11.1 Å². The summed E-state index contributed by atoms with van der Waals surface area (Å²) in [5.74, 6) is 0.320. The van der Waals surface area contributed by atoms with Gasteiger partial charge in [-0.15, -0.1) is 0 Å². The molecule has 0 aliphatic carbocycles. The summed E-state index contributed by atoms with van der Waals surface area (Å²) in [4.78, 5) is 4.08. The Balaban J connectivity index is 1.86. The molecule has 18 heavy (non-hydrogen) atoms. The Labute approximate surface area is 109 Å². The Hall–Kier alpha value is -2.14. The fourth-order valence-electron chi connectivity index (χ4n) is 1.92. The maximum absolute atomic E-state index is 5.49. The van der Waals surface area contributed by atoms with Gasteiger partial charge in [-0.05, 0) is 16.3 Å². The van der Waals surface area contributed by atoms with Crippen LogP contribution in [-0.2, 0) is 6.54 Å². The molecule has 3 rings (SSSR count). The van der Waals surface area contributed by atoms with Crippen molar-refractivity contribution < 1.29 is 0 Å². The van der Waals surface area contributed by atoms with Crippen LogP contribution < -0.4 is 11.1 Å². The van der Waals surface area contributed by atoms with Crippen molar-refractivity contribution in [2.75, 3.05) is 11.1 Å². The van der Waals surface area contributed by atoms with Crippen molar-refractivity contribution in [3.8, 4) is 0 Å². The van der Waals surface area contributed by atoms with E-state index in [1.54, 1.807) is 0 Å². The minimum Gasteiger partial charge on any atom is -0.367 e. The summed E-state index contributed by atoms with van der Waals surface area (Å²) in [6, 6.07) is 14.6. The second-order valence-corrected chi connectivity index (χ2v) is 4.70. The molecule has 0 saturated carbocycles. The van der Waals surface area contributed by atoms with Crippen LogP contribution in [0.5, 0.6) is 0 Å². The Morgan fingerprint density at radius 3 is 2.78 bits per heavy atom. The smallest absolute Gasteiger partial charge is 0.233 e. The Kier molecular flexibility index (Phi) is 2.82. The Bertz CT molecular complexity index is 672. The third-order valence-electron chi connectivity index (χ3n) is 2.75. The van der Waals surface area contributed by atoms with Crippen LogP contribution in [0.3, 0.4) is 0 Å². The zero-order valence-electron chi connectivity index (χ0n) is 9.63. The molecular weight excluding hydrogens is 244 g/mol. The summed E-state index contributed by atoms with van der Waals surface area (Å²) in [5, 5.41) is 6.49. The van der Waals surface area contributed by atoms with Crippen molar-refractivity contribution in [3.05, 3.63) is 48.0 Å². The van der Waals surface area contributed by atoms with Crippen molar-refractivity contribution in [2.45, 2.75) is 6.54 Å². The molecule has 90 valence electrons. The molecule has 0 aliphatic rings. The molecular formula is C13H12N4S. The first-order chi connectivity index (χ1) is 8.83. The largest absolute Gasteiger partial charge is 0.367 e. The van der Waals surface area contributed by atoms with Crippen LogP contribution in [0.25, 0.3) is 10.8 Å². The molecule has 1 aromatic heterocycles. The zero-order valence-corrected chi connectivity index (χ0v) is 10.4. The Morgan fingerprint density at radius 1 is 1.11 bits per heavy atom. The number of nitrogens with two attached hydrogens (primary N) is 1. The molecule has 0 fully saturated rings. The van der Waals surface area contributed by atoms with E-state index in [-0.39, 0.29) is 0 Å². The van der Waals surface area contributed by atoms with Crippen LogP contribution in [0.1, 0.15) is 5.56 Å². The quantitative estimate of drug-likeness (QED) is 0.756. The minimum atomic E-state index is 0.320. The van der Waals surface area contributed by atoms with Gasteiger partial charge in [0.15, 0.2) is 0 Å². The SMILES string of the molecule is Nc1nsc(NCc2cccc3ccccc23)n1. The molecule has 1 heterocycles. The van der Waals surface area contributed by atoms with Gasteiger partial charge >= 0.3 is 0 Å². The fourth-order valence-corrected chi connectivity index (χ4v) is 2.42. The molecule has 4 nitrogen and oxygen atoms in total. The number of nitrogens with zero attached hydrogens (tertiary/aromatic N) is 2. The summed E-state index contributed by atoms with van der Waals surface area (Å²) in [6.07, 6.45) is 0. The number of benzene rings is 2. The lowest BCUT2D eigenvalue weighted by Crippen LogP contribution is -1.99. The first-order valence-corrected chi connectivity index (χ1v) is 6.40. The van der Waals surface area contributed by atoms with Crippen molar-refractivity contribution in [3.63, 3.8) is 0 Å². The summed E-state index contributed by atoms with van der Waals surface area (Å²) in [6.45, 7) is 0.718. The maximum atomic E-state index is 5.49. The van der Waals surface area contributed by atoms with Crippen molar-refractivity contribution in [1.29, 1.82) is 0 Å². The average molecular weight is 256 g/mol. The molecule has 0 bridgehead atoms. The van der Waals surface area contributed by atoms with Crippen LogP contribution >= 0.6 is 11.5 Å². The lowest BCUT2D eigenvalue weighted by atomic mass is 10.0. The minimum absolute atomic E-state index is 0.320.